The van der Waals surface area contributed by atoms with E-state index in [0.717, 1.165) is 24.0 Å². The molecular formula is C13H21NO2S. The lowest BCUT2D eigenvalue weighted by Crippen LogP contribution is -2.29. The lowest BCUT2D eigenvalue weighted by Gasteiger charge is -2.13. The van der Waals surface area contributed by atoms with Gasteiger partial charge in [-0.1, -0.05) is 25.5 Å². The van der Waals surface area contributed by atoms with E-state index in [2.05, 4.69) is 0 Å². The largest absolute Gasteiger partial charge is 0.327 e. The van der Waals surface area contributed by atoms with Crippen molar-refractivity contribution >= 4 is 9.84 Å². The molecule has 0 aromatic heterocycles. The molecule has 0 aliphatic rings. The molecule has 1 unspecified atom stereocenters. The molecule has 0 aliphatic heterocycles. The van der Waals surface area contributed by atoms with E-state index < -0.39 is 9.84 Å². The first-order valence-corrected chi connectivity index (χ1v) is 7.57. The Hall–Kier alpha value is -0.870. The van der Waals surface area contributed by atoms with Crippen LogP contribution in [0, 0.1) is 13.8 Å². The third-order valence-electron chi connectivity index (χ3n) is 2.77. The molecule has 1 rings (SSSR count). The van der Waals surface area contributed by atoms with Gasteiger partial charge in [0.05, 0.1) is 10.6 Å². The minimum Gasteiger partial charge on any atom is -0.327 e. The molecule has 0 amide bonds. The van der Waals surface area contributed by atoms with Crippen LogP contribution in [0.5, 0.6) is 0 Å². The first kappa shape index (κ1) is 14.2. The summed E-state index contributed by atoms with van der Waals surface area (Å²) >= 11 is 0. The van der Waals surface area contributed by atoms with Crippen LogP contribution in [0.15, 0.2) is 23.1 Å². The van der Waals surface area contributed by atoms with Gasteiger partial charge < -0.3 is 5.73 Å². The molecule has 1 aromatic rings. The highest BCUT2D eigenvalue weighted by Crippen LogP contribution is 2.19. The molecular weight excluding hydrogens is 234 g/mol. The summed E-state index contributed by atoms with van der Waals surface area (Å²) in [6.45, 7) is 5.71. The third kappa shape index (κ3) is 3.82. The van der Waals surface area contributed by atoms with Gasteiger partial charge in [0, 0.05) is 6.04 Å². The van der Waals surface area contributed by atoms with Crippen molar-refractivity contribution in [1.82, 2.24) is 0 Å². The second-order valence-electron chi connectivity index (χ2n) is 4.60. The molecule has 0 spiro atoms. The summed E-state index contributed by atoms with van der Waals surface area (Å²) in [4.78, 5) is 0.420. The number of sulfone groups is 1. The van der Waals surface area contributed by atoms with E-state index in [1.807, 2.05) is 32.9 Å². The monoisotopic (exact) mass is 255 g/mol. The van der Waals surface area contributed by atoms with Gasteiger partial charge in [-0.3, -0.25) is 0 Å². The van der Waals surface area contributed by atoms with Gasteiger partial charge in [-0.25, -0.2) is 8.42 Å². The number of benzene rings is 1. The minimum atomic E-state index is -3.26. The number of rotatable bonds is 5. The fraction of sp³-hybridized carbons (Fsp3) is 0.538. The summed E-state index contributed by atoms with van der Waals surface area (Å²) in [7, 11) is -3.26. The summed E-state index contributed by atoms with van der Waals surface area (Å²) in [5.74, 6) is 0.0329. The van der Waals surface area contributed by atoms with Crippen LogP contribution in [0.4, 0.5) is 0 Å². The fourth-order valence-corrected chi connectivity index (χ4v) is 3.70. The molecule has 0 fully saturated rings. The summed E-state index contributed by atoms with van der Waals surface area (Å²) < 4.78 is 24.4. The Morgan fingerprint density at radius 2 is 1.94 bits per heavy atom. The van der Waals surface area contributed by atoms with Gasteiger partial charge in [0.15, 0.2) is 9.84 Å². The predicted octanol–water partition coefficient (Wildman–Crippen LogP) is 2.20. The zero-order valence-corrected chi connectivity index (χ0v) is 11.5. The van der Waals surface area contributed by atoms with E-state index in [1.165, 1.54) is 0 Å². The molecule has 0 heterocycles. The van der Waals surface area contributed by atoms with Crippen LogP contribution < -0.4 is 5.73 Å². The lowest BCUT2D eigenvalue weighted by molar-refractivity contribution is 0.576. The van der Waals surface area contributed by atoms with E-state index >= 15 is 0 Å². The van der Waals surface area contributed by atoms with Crippen molar-refractivity contribution in [3.05, 3.63) is 29.3 Å². The van der Waals surface area contributed by atoms with Crippen molar-refractivity contribution < 1.29 is 8.42 Å². The van der Waals surface area contributed by atoms with Gasteiger partial charge in [0.25, 0.3) is 0 Å². The van der Waals surface area contributed by atoms with Crippen LogP contribution in [0.25, 0.3) is 0 Å². The van der Waals surface area contributed by atoms with Crippen LogP contribution in [0.1, 0.15) is 30.9 Å². The smallest absolute Gasteiger partial charge is 0.180 e. The van der Waals surface area contributed by atoms with Crippen LogP contribution in [0.3, 0.4) is 0 Å². The maximum atomic E-state index is 12.2. The summed E-state index contributed by atoms with van der Waals surface area (Å²) in [6.07, 6.45) is 1.65. The highest BCUT2D eigenvalue weighted by atomic mass is 32.2. The lowest BCUT2D eigenvalue weighted by atomic mass is 10.2. The van der Waals surface area contributed by atoms with Crippen molar-refractivity contribution in [3.8, 4) is 0 Å². The summed E-state index contributed by atoms with van der Waals surface area (Å²) in [6, 6.07) is 5.21. The van der Waals surface area contributed by atoms with Crippen molar-refractivity contribution in [1.29, 1.82) is 0 Å². The molecule has 0 saturated heterocycles. The van der Waals surface area contributed by atoms with Crippen molar-refractivity contribution in [2.45, 2.75) is 44.6 Å². The predicted molar refractivity (Wildman–Crippen MR) is 70.9 cm³/mol. The van der Waals surface area contributed by atoms with Gasteiger partial charge in [0.2, 0.25) is 0 Å². The van der Waals surface area contributed by atoms with Gasteiger partial charge in [0.1, 0.15) is 0 Å². The molecule has 17 heavy (non-hydrogen) atoms. The summed E-state index contributed by atoms with van der Waals surface area (Å²) in [5.41, 5.74) is 7.56. The summed E-state index contributed by atoms with van der Waals surface area (Å²) in [5, 5.41) is 0. The zero-order chi connectivity index (χ0) is 13.1. The average Bonchev–Trinajstić information content (AvgIpc) is 2.21. The average molecular weight is 255 g/mol. The SMILES string of the molecule is CCCC(N)CS(=O)(=O)c1cc(C)ccc1C. The Balaban J connectivity index is 3.01. The Morgan fingerprint density at radius 1 is 1.29 bits per heavy atom. The molecule has 4 heteroatoms. The van der Waals surface area contributed by atoms with E-state index in [0.29, 0.717) is 4.90 Å². The molecule has 0 saturated carbocycles. The molecule has 96 valence electrons. The highest BCUT2D eigenvalue weighted by Gasteiger charge is 2.20. The van der Waals surface area contributed by atoms with Crippen LogP contribution >= 0.6 is 0 Å². The van der Waals surface area contributed by atoms with Gasteiger partial charge in [-0.2, -0.15) is 0 Å². The first-order chi connectivity index (χ1) is 7.86. The molecule has 1 atom stereocenters. The molecule has 0 bridgehead atoms. The standard InChI is InChI=1S/C13H21NO2S/c1-4-5-12(14)9-17(15,16)13-8-10(2)6-7-11(13)3/h6-8,12H,4-5,9,14H2,1-3H3. The minimum absolute atomic E-state index is 0.0329. The van der Waals surface area contributed by atoms with Crippen molar-refractivity contribution in [2.24, 2.45) is 5.73 Å². The van der Waals surface area contributed by atoms with E-state index in [9.17, 15) is 8.42 Å². The van der Waals surface area contributed by atoms with Crippen LogP contribution in [-0.2, 0) is 9.84 Å². The molecule has 1 aromatic carbocycles. The Morgan fingerprint density at radius 3 is 2.53 bits per heavy atom. The van der Waals surface area contributed by atoms with Crippen LogP contribution in [0.2, 0.25) is 0 Å². The maximum absolute atomic E-state index is 12.2. The Kier molecular flexibility index (Phi) is 4.71. The molecule has 0 radical (unpaired) electrons. The highest BCUT2D eigenvalue weighted by molar-refractivity contribution is 7.91. The van der Waals surface area contributed by atoms with E-state index in [-0.39, 0.29) is 11.8 Å². The third-order valence-corrected chi connectivity index (χ3v) is 4.75. The molecule has 2 N–H and O–H groups in total. The van der Waals surface area contributed by atoms with E-state index in [1.54, 1.807) is 6.07 Å². The van der Waals surface area contributed by atoms with Gasteiger partial charge in [-0.05, 0) is 37.5 Å². The van der Waals surface area contributed by atoms with E-state index in [4.69, 9.17) is 5.73 Å². The zero-order valence-electron chi connectivity index (χ0n) is 10.7. The Labute approximate surface area is 104 Å². The molecule has 3 nitrogen and oxygen atoms in total. The fourth-order valence-electron chi connectivity index (χ4n) is 1.87. The normalized spacial score (nSPS) is 13.6. The Bertz CT molecular complexity index is 480. The quantitative estimate of drug-likeness (QED) is 0.877. The number of hydrogen-bond donors (Lipinski definition) is 1. The first-order valence-electron chi connectivity index (χ1n) is 5.92. The second-order valence-corrected chi connectivity index (χ2v) is 6.60. The van der Waals surface area contributed by atoms with Crippen molar-refractivity contribution in [2.75, 3.05) is 5.75 Å². The van der Waals surface area contributed by atoms with Crippen molar-refractivity contribution in [3.63, 3.8) is 0 Å². The number of hydrogen-bond acceptors (Lipinski definition) is 3. The topological polar surface area (TPSA) is 60.2 Å². The van der Waals surface area contributed by atoms with Gasteiger partial charge >= 0.3 is 0 Å². The maximum Gasteiger partial charge on any atom is 0.180 e. The van der Waals surface area contributed by atoms with Gasteiger partial charge in [-0.15, -0.1) is 0 Å². The second kappa shape index (κ2) is 5.65. The van der Waals surface area contributed by atoms with Crippen LogP contribution in [-0.4, -0.2) is 20.2 Å². The number of aryl methyl sites for hydroxylation is 2. The number of nitrogens with two attached hydrogens (primary N) is 1. The molecule has 0 aliphatic carbocycles.